The van der Waals surface area contributed by atoms with E-state index in [1.54, 1.807) is 0 Å². The second kappa shape index (κ2) is 5.72. The van der Waals surface area contributed by atoms with Gasteiger partial charge in [0.2, 0.25) is 11.8 Å². The minimum Gasteiger partial charge on any atom is -0.341 e. The number of likely N-dealkylation sites (tertiary alicyclic amines) is 2. The first kappa shape index (κ1) is 13.4. The highest BCUT2D eigenvalue weighted by Crippen LogP contribution is 2.23. The van der Waals surface area contributed by atoms with Crippen LogP contribution in [0.5, 0.6) is 0 Å². The lowest BCUT2D eigenvalue weighted by molar-refractivity contribution is -0.146. The third-order valence-corrected chi connectivity index (χ3v) is 3.98. The Morgan fingerprint density at radius 3 is 2.28 bits per heavy atom. The topological polar surface area (TPSA) is 40.6 Å². The zero-order chi connectivity index (χ0) is 13.1. The van der Waals surface area contributed by atoms with Crippen molar-refractivity contribution in [2.45, 2.75) is 52.0 Å². The summed E-state index contributed by atoms with van der Waals surface area (Å²) in [4.78, 5) is 28.3. The van der Waals surface area contributed by atoms with Crippen LogP contribution in [0.3, 0.4) is 0 Å². The van der Waals surface area contributed by atoms with E-state index < -0.39 is 0 Å². The molecule has 0 aliphatic carbocycles. The quantitative estimate of drug-likeness (QED) is 0.749. The Labute approximate surface area is 109 Å². The lowest BCUT2D eigenvalue weighted by Gasteiger charge is -2.33. The maximum Gasteiger partial charge on any atom is 0.245 e. The van der Waals surface area contributed by atoms with Crippen LogP contribution >= 0.6 is 0 Å². The van der Waals surface area contributed by atoms with E-state index in [-0.39, 0.29) is 23.8 Å². The van der Waals surface area contributed by atoms with Crippen molar-refractivity contribution in [3.05, 3.63) is 0 Å². The molecule has 0 aromatic rings. The summed E-state index contributed by atoms with van der Waals surface area (Å²) in [7, 11) is 0. The Balaban J connectivity index is 2.01. The van der Waals surface area contributed by atoms with E-state index in [0.717, 1.165) is 45.3 Å². The summed E-state index contributed by atoms with van der Waals surface area (Å²) < 4.78 is 0. The molecular weight excluding hydrogens is 228 g/mol. The van der Waals surface area contributed by atoms with Gasteiger partial charge in [-0.1, -0.05) is 13.8 Å². The minimum atomic E-state index is -0.182. The second-order valence-corrected chi connectivity index (χ2v) is 5.73. The van der Waals surface area contributed by atoms with Gasteiger partial charge in [-0.05, 0) is 32.1 Å². The summed E-state index contributed by atoms with van der Waals surface area (Å²) >= 11 is 0. The van der Waals surface area contributed by atoms with Gasteiger partial charge in [-0.15, -0.1) is 0 Å². The highest BCUT2D eigenvalue weighted by molar-refractivity contribution is 5.89. The molecule has 0 spiro atoms. The molecular formula is C14H24N2O2. The molecule has 2 amide bonds. The van der Waals surface area contributed by atoms with Crippen molar-refractivity contribution >= 4 is 11.8 Å². The highest BCUT2D eigenvalue weighted by Gasteiger charge is 2.37. The smallest absolute Gasteiger partial charge is 0.245 e. The lowest BCUT2D eigenvalue weighted by atomic mass is 10.1. The molecule has 4 nitrogen and oxygen atoms in total. The number of carbonyl (C=O) groups is 2. The zero-order valence-corrected chi connectivity index (χ0v) is 11.5. The molecule has 0 N–H and O–H groups in total. The fourth-order valence-electron chi connectivity index (χ4n) is 2.94. The molecule has 0 aromatic heterocycles. The largest absolute Gasteiger partial charge is 0.341 e. The van der Waals surface area contributed by atoms with Gasteiger partial charge in [-0.25, -0.2) is 0 Å². The fourth-order valence-corrected chi connectivity index (χ4v) is 2.94. The van der Waals surface area contributed by atoms with Gasteiger partial charge in [0.1, 0.15) is 6.04 Å². The minimum absolute atomic E-state index is 0.0141. The Bertz CT molecular complexity index is 322. The van der Waals surface area contributed by atoms with Gasteiger partial charge in [0.15, 0.2) is 0 Å². The van der Waals surface area contributed by atoms with E-state index in [9.17, 15) is 9.59 Å². The number of amides is 2. The summed E-state index contributed by atoms with van der Waals surface area (Å²) in [5.41, 5.74) is 0. The van der Waals surface area contributed by atoms with E-state index in [4.69, 9.17) is 0 Å². The van der Waals surface area contributed by atoms with Crippen molar-refractivity contribution in [3.63, 3.8) is 0 Å². The summed E-state index contributed by atoms with van der Waals surface area (Å²) in [5.74, 6) is 0.295. The number of hydrogen-bond acceptors (Lipinski definition) is 2. The Kier molecular flexibility index (Phi) is 4.25. The number of piperidine rings is 1. The number of nitrogens with zero attached hydrogens (tertiary/aromatic N) is 2. The molecule has 2 heterocycles. The zero-order valence-electron chi connectivity index (χ0n) is 11.5. The van der Waals surface area contributed by atoms with E-state index in [1.165, 1.54) is 6.42 Å². The van der Waals surface area contributed by atoms with Gasteiger partial charge in [0, 0.05) is 25.6 Å². The van der Waals surface area contributed by atoms with Crippen molar-refractivity contribution in [3.8, 4) is 0 Å². The van der Waals surface area contributed by atoms with Crippen LogP contribution in [-0.2, 0) is 9.59 Å². The predicted octanol–water partition coefficient (Wildman–Crippen LogP) is 1.65. The summed E-state index contributed by atoms with van der Waals surface area (Å²) in [6, 6.07) is -0.182. The first-order valence-electron chi connectivity index (χ1n) is 7.20. The molecule has 0 aromatic carbocycles. The predicted molar refractivity (Wildman–Crippen MR) is 70.0 cm³/mol. The average Bonchev–Trinajstić information content (AvgIpc) is 2.87. The molecule has 18 heavy (non-hydrogen) atoms. The molecule has 1 atom stereocenters. The first-order chi connectivity index (χ1) is 8.61. The van der Waals surface area contributed by atoms with Gasteiger partial charge in [-0.2, -0.15) is 0 Å². The van der Waals surface area contributed by atoms with Crippen LogP contribution in [0.2, 0.25) is 0 Å². The van der Waals surface area contributed by atoms with Gasteiger partial charge in [-0.3, -0.25) is 9.59 Å². The molecule has 1 unspecified atom stereocenters. The van der Waals surface area contributed by atoms with Crippen molar-refractivity contribution in [2.75, 3.05) is 19.6 Å². The summed E-state index contributed by atoms with van der Waals surface area (Å²) in [6.07, 6.45) is 5.24. The third kappa shape index (κ3) is 2.68. The van der Waals surface area contributed by atoms with Gasteiger partial charge < -0.3 is 9.80 Å². The van der Waals surface area contributed by atoms with Crippen LogP contribution < -0.4 is 0 Å². The molecule has 2 rings (SSSR count). The molecule has 0 bridgehead atoms. The average molecular weight is 252 g/mol. The SMILES string of the molecule is CC(C)C(=O)N1CCCC1C(=O)N1CCCCC1. The van der Waals surface area contributed by atoms with Crippen LogP contribution in [0.15, 0.2) is 0 Å². The molecule has 2 aliphatic rings. The maximum atomic E-state index is 12.5. The molecule has 4 heteroatoms. The van der Waals surface area contributed by atoms with Crippen molar-refractivity contribution < 1.29 is 9.59 Å². The van der Waals surface area contributed by atoms with E-state index in [2.05, 4.69) is 0 Å². The third-order valence-electron chi connectivity index (χ3n) is 3.98. The first-order valence-corrected chi connectivity index (χ1v) is 7.20. The molecule has 102 valence electrons. The van der Waals surface area contributed by atoms with Crippen LogP contribution in [-0.4, -0.2) is 47.3 Å². The maximum absolute atomic E-state index is 12.5. The fraction of sp³-hybridized carbons (Fsp3) is 0.857. The number of carbonyl (C=O) groups excluding carboxylic acids is 2. The normalized spacial score (nSPS) is 24.7. The van der Waals surface area contributed by atoms with E-state index in [1.807, 2.05) is 23.6 Å². The molecule has 0 radical (unpaired) electrons. The summed E-state index contributed by atoms with van der Waals surface area (Å²) in [5, 5.41) is 0. The Morgan fingerprint density at radius 2 is 1.67 bits per heavy atom. The Hall–Kier alpha value is -1.06. The highest BCUT2D eigenvalue weighted by atomic mass is 16.2. The van der Waals surface area contributed by atoms with E-state index >= 15 is 0 Å². The monoisotopic (exact) mass is 252 g/mol. The van der Waals surface area contributed by atoms with Crippen LogP contribution in [0.25, 0.3) is 0 Å². The van der Waals surface area contributed by atoms with Gasteiger partial charge in [0.05, 0.1) is 0 Å². The van der Waals surface area contributed by atoms with Crippen molar-refractivity contribution in [2.24, 2.45) is 5.92 Å². The Morgan fingerprint density at radius 1 is 1.00 bits per heavy atom. The van der Waals surface area contributed by atoms with Crippen LogP contribution in [0.4, 0.5) is 0 Å². The number of hydrogen-bond donors (Lipinski definition) is 0. The number of rotatable bonds is 2. The van der Waals surface area contributed by atoms with Crippen molar-refractivity contribution in [1.29, 1.82) is 0 Å². The molecule has 2 aliphatic heterocycles. The van der Waals surface area contributed by atoms with Gasteiger partial charge in [0.25, 0.3) is 0 Å². The molecule has 2 fully saturated rings. The summed E-state index contributed by atoms with van der Waals surface area (Å²) in [6.45, 7) is 6.31. The second-order valence-electron chi connectivity index (χ2n) is 5.73. The lowest BCUT2D eigenvalue weighted by Crippen LogP contribution is -2.50. The van der Waals surface area contributed by atoms with E-state index in [0.29, 0.717) is 0 Å². The molecule has 2 saturated heterocycles. The van der Waals surface area contributed by atoms with Crippen molar-refractivity contribution in [1.82, 2.24) is 9.80 Å². The van der Waals surface area contributed by atoms with Crippen LogP contribution in [0, 0.1) is 5.92 Å². The molecule has 0 saturated carbocycles. The van der Waals surface area contributed by atoms with Crippen LogP contribution in [0.1, 0.15) is 46.0 Å². The standard InChI is InChI=1S/C14H24N2O2/c1-11(2)13(17)16-10-6-7-12(16)14(18)15-8-4-3-5-9-15/h11-12H,3-10H2,1-2H3. The van der Waals surface area contributed by atoms with Gasteiger partial charge >= 0.3 is 0 Å².